The first kappa shape index (κ1) is 15.6. The smallest absolute Gasteiger partial charge is 0.747 e. The summed E-state index contributed by atoms with van der Waals surface area (Å²) in [5, 5.41) is -1.92. The predicted molar refractivity (Wildman–Crippen MR) is 51.7 cm³/mol. The van der Waals surface area contributed by atoms with Crippen molar-refractivity contribution in [1.29, 1.82) is 0 Å². The molecule has 0 saturated heterocycles. The second-order valence-electron chi connectivity index (χ2n) is 3.15. The maximum atomic E-state index is 10.8. The van der Waals surface area contributed by atoms with Gasteiger partial charge in [-0.15, -0.1) is 0 Å². The van der Waals surface area contributed by atoms with Crippen LogP contribution in [0.4, 0.5) is 0 Å². The van der Waals surface area contributed by atoms with Crippen molar-refractivity contribution in [3.63, 3.8) is 0 Å². The van der Waals surface area contributed by atoms with E-state index in [-0.39, 0.29) is 35.1 Å². The van der Waals surface area contributed by atoms with E-state index in [0.717, 1.165) is 5.56 Å². The number of aryl methyl sites for hydroxylation is 1. The van der Waals surface area contributed by atoms with Crippen LogP contribution in [0.3, 0.4) is 0 Å². The maximum absolute atomic E-state index is 10.8. The Kier molecular flexibility index (Phi) is 5.64. The number of nitrogens with one attached hydrogen (secondary N) is 1. The van der Waals surface area contributed by atoms with Crippen molar-refractivity contribution in [2.75, 3.05) is 0 Å². The molecule has 1 atom stereocenters. The van der Waals surface area contributed by atoms with E-state index in [1.807, 2.05) is 0 Å². The molecule has 0 bridgehead atoms. The van der Waals surface area contributed by atoms with Crippen LogP contribution in [0, 0.1) is 6.92 Å². The predicted octanol–water partition coefficient (Wildman–Crippen LogP) is -2.61. The van der Waals surface area contributed by atoms with E-state index in [9.17, 15) is 17.8 Å². The molecule has 1 rings (SSSR count). The van der Waals surface area contributed by atoms with Crippen molar-refractivity contribution in [1.82, 2.24) is 5.73 Å². The molecule has 0 aliphatic carbocycles. The number of benzene rings is 1. The molecule has 81 valence electrons. The zero-order chi connectivity index (χ0) is 11.6. The monoisotopic (exact) mass is 250 g/mol. The summed E-state index contributed by atoms with van der Waals surface area (Å²) in [4.78, 5) is 10.8. The van der Waals surface area contributed by atoms with E-state index in [1.54, 1.807) is 19.1 Å². The van der Waals surface area contributed by atoms with Gasteiger partial charge in [-0.3, -0.25) is 10.5 Å². The SMILES string of the molecule is Cc1ccc(C(C([NH])=O)S(=O)(=O)[O-])cc1.[Na+]. The molecule has 0 aliphatic rings. The summed E-state index contributed by atoms with van der Waals surface area (Å²) < 4.78 is 32.3. The van der Waals surface area contributed by atoms with Crippen LogP contribution < -0.4 is 35.3 Å². The van der Waals surface area contributed by atoms with E-state index in [0.29, 0.717) is 0 Å². The van der Waals surface area contributed by atoms with Crippen LogP contribution in [0.5, 0.6) is 0 Å². The molecule has 0 aliphatic heterocycles. The summed E-state index contributed by atoms with van der Waals surface area (Å²) in [7, 11) is -4.82. The quantitative estimate of drug-likeness (QED) is 0.433. The van der Waals surface area contributed by atoms with E-state index >= 15 is 0 Å². The summed E-state index contributed by atoms with van der Waals surface area (Å²) >= 11 is 0. The number of hydrogen-bond acceptors (Lipinski definition) is 4. The maximum Gasteiger partial charge on any atom is 1.00 e. The van der Waals surface area contributed by atoms with Crippen molar-refractivity contribution < 1.29 is 47.3 Å². The van der Waals surface area contributed by atoms with Crippen LogP contribution in [-0.4, -0.2) is 18.9 Å². The standard InChI is InChI=1S/C9H10NO4S.Na/c1-6-2-4-7(5-3-6)8(9(10)11)15(12,13)14;/h2-5,8,10H,1H3,(H,12,13,14);/q;+1/p-1. The Hall–Kier alpha value is -0.400. The molecule has 0 spiro atoms. The first-order chi connectivity index (χ1) is 6.82. The Morgan fingerprint density at radius 2 is 1.75 bits per heavy atom. The van der Waals surface area contributed by atoms with Crippen LogP contribution in [-0.2, 0) is 14.9 Å². The van der Waals surface area contributed by atoms with Crippen LogP contribution in [0.2, 0.25) is 0 Å². The van der Waals surface area contributed by atoms with Gasteiger partial charge in [0.15, 0.2) is 5.25 Å². The Morgan fingerprint density at radius 1 is 1.31 bits per heavy atom. The molecular formula is C9H9NNaO4S. The molecule has 0 fully saturated rings. The average Bonchev–Trinajstić information content (AvgIpc) is 2.05. The van der Waals surface area contributed by atoms with Crippen LogP contribution in [0.15, 0.2) is 24.3 Å². The first-order valence-corrected chi connectivity index (χ1v) is 5.56. The summed E-state index contributed by atoms with van der Waals surface area (Å²) in [6, 6.07) is 5.89. The Bertz CT molecular complexity index is 469. The van der Waals surface area contributed by atoms with Crippen molar-refractivity contribution >= 4 is 16.0 Å². The van der Waals surface area contributed by atoms with Gasteiger partial charge >= 0.3 is 29.6 Å². The van der Waals surface area contributed by atoms with E-state index < -0.39 is 21.3 Å². The van der Waals surface area contributed by atoms with Gasteiger partial charge in [0.25, 0.3) is 5.91 Å². The zero-order valence-electron chi connectivity index (χ0n) is 8.93. The molecule has 0 aromatic heterocycles. The van der Waals surface area contributed by atoms with Gasteiger partial charge < -0.3 is 4.55 Å². The molecule has 16 heavy (non-hydrogen) atoms. The van der Waals surface area contributed by atoms with E-state index in [1.165, 1.54) is 12.1 Å². The van der Waals surface area contributed by atoms with E-state index in [2.05, 4.69) is 0 Å². The number of rotatable bonds is 3. The molecule has 1 radical (unpaired) electrons. The molecule has 1 amide bonds. The number of carbonyl (C=O) groups excluding carboxylic acids is 1. The molecular weight excluding hydrogens is 241 g/mol. The largest absolute Gasteiger partial charge is 1.00 e. The van der Waals surface area contributed by atoms with Gasteiger partial charge in [0.2, 0.25) is 0 Å². The number of hydrogen-bond donors (Lipinski definition) is 0. The molecule has 1 aromatic rings. The van der Waals surface area contributed by atoms with Gasteiger partial charge in [0, 0.05) is 0 Å². The third-order valence-corrected chi connectivity index (χ3v) is 2.97. The van der Waals surface area contributed by atoms with Gasteiger partial charge in [-0.05, 0) is 12.5 Å². The summed E-state index contributed by atoms with van der Waals surface area (Å²) in [6.07, 6.45) is 0. The van der Waals surface area contributed by atoms with Crippen molar-refractivity contribution in [3.8, 4) is 0 Å². The molecule has 5 nitrogen and oxygen atoms in total. The molecule has 7 heteroatoms. The zero-order valence-corrected chi connectivity index (χ0v) is 11.7. The first-order valence-electron chi connectivity index (χ1n) is 4.09. The minimum atomic E-state index is -4.82. The van der Waals surface area contributed by atoms with Gasteiger partial charge in [0.05, 0.1) is 0 Å². The third kappa shape index (κ3) is 3.88. The van der Waals surface area contributed by atoms with Crippen LogP contribution >= 0.6 is 0 Å². The summed E-state index contributed by atoms with van der Waals surface area (Å²) in [5.74, 6) is -1.41. The molecule has 1 aromatic carbocycles. The minimum Gasteiger partial charge on any atom is -0.747 e. The molecule has 1 unspecified atom stereocenters. The number of carbonyl (C=O) groups is 1. The Labute approximate surface area is 116 Å². The normalized spacial score (nSPS) is 12.6. The summed E-state index contributed by atoms with van der Waals surface area (Å²) in [6.45, 7) is 1.78. The fraction of sp³-hybridized carbons (Fsp3) is 0.222. The second kappa shape index (κ2) is 5.79. The Balaban J connectivity index is 0.00000225. The van der Waals surface area contributed by atoms with E-state index in [4.69, 9.17) is 5.73 Å². The third-order valence-electron chi connectivity index (χ3n) is 1.91. The van der Waals surface area contributed by atoms with Crippen LogP contribution in [0.1, 0.15) is 16.4 Å². The topological polar surface area (TPSA) is 98.1 Å². The second-order valence-corrected chi connectivity index (χ2v) is 4.60. The fourth-order valence-electron chi connectivity index (χ4n) is 1.19. The summed E-state index contributed by atoms with van der Waals surface area (Å²) in [5.41, 5.74) is 7.67. The van der Waals surface area contributed by atoms with Gasteiger partial charge in [-0.1, -0.05) is 29.8 Å². The van der Waals surface area contributed by atoms with Crippen molar-refractivity contribution in [3.05, 3.63) is 35.4 Å². The van der Waals surface area contributed by atoms with Crippen molar-refractivity contribution in [2.24, 2.45) is 0 Å². The molecule has 0 saturated carbocycles. The van der Waals surface area contributed by atoms with Crippen molar-refractivity contribution in [2.45, 2.75) is 12.2 Å². The minimum absolute atomic E-state index is 0. The molecule has 1 N–H and O–H groups in total. The van der Waals surface area contributed by atoms with Gasteiger partial charge in [-0.25, -0.2) is 8.42 Å². The fourth-order valence-corrected chi connectivity index (χ4v) is 1.94. The number of amides is 1. The van der Waals surface area contributed by atoms with Gasteiger partial charge in [-0.2, -0.15) is 0 Å². The average molecular weight is 250 g/mol. The molecule has 0 heterocycles. The van der Waals surface area contributed by atoms with Crippen LogP contribution in [0.25, 0.3) is 0 Å². The van der Waals surface area contributed by atoms with Gasteiger partial charge in [0.1, 0.15) is 10.1 Å². The Morgan fingerprint density at radius 3 is 2.06 bits per heavy atom.